The second kappa shape index (κ2) is 12.3. The second-order valence-electron chi connectivity index (χ2n) is 3.45. The quantitative estimate of drug-likeness (QED) is 0.324. The van der Waals surface area contributed by atoms with E-state index in [9.17, 15) is 4.79 Å². The van der Waals surface area contributed by atoms with Crippen molar-refractivity contribution in [3.05, 3.63) is 36.5 Å². The number of nitrogens with one attached hydrogen (secondary N) is 1. The lowest BCUT2D eigenvalue weighted by Crippen LogP contribution is -2.13. The third kappa shape index (κ3) is 12.2. The number of allylic oxidation sites excluding steroid dienone is 5. The van der Waals surface area contributed by atoms with Crippen LogP contribution in [0.25, 0.3) is 0 Å². The van der Waals surface area contributed by atoms with Crippen LogP contribution in [0.15, 0.2) is 36.5 Å². The van der Waals surface area contributed by atoms with Gasteiger partial charge < -0.3 is 5.32 Å². The Morgan fingerprint density at radius 3 is 2.76 bits per heavy atom. The van der Waals surface area contributed by atoms with E-state index in [2.05, 4.69) is 30.2 Å². The Balaban J connectivity index is 3.60. The van der Waals surface area contributed by atoms with Gasteiger partial charge in [-0.1, -0.05) is 49.5 Å². The van der Waals surface area contributed by atoms with Crippen LogP contribution in [0.2, 0.25) is 0 Å². The van der Waals surface area contributed by atoms with E-state index < -0.39 is 0 Å². The number of hydrogen-bond donors (Lipinski definition) is 1. The fraction of sp³-hybridized carbons (Fsp3) is 0.400. The van der Waals surface area contributed by atoms with Gasteiger partial charge in [0.15, 0.2) is 0 Å². The van der Waals surface area contributed by atoms with Gasteiger partial charge in [0.1, 0.15) is 0 Å². The van der Waals surface area contributed by atoms with Crippen LogP contribution in [-0.2, 0) is 4.79 Å². The van der Waals surface area contributed by atoms with Gasteiger partial charge in [0, 0.05) is 19.5 Å². The van der Waals surface area contributed by atoms with Gasteiger partial charge in [0.2, 0.25) is 5.91 Å². The van der Waals surface area contributed by atoms with E-state index in [1.165, 1.54) is 12.5 Å². The number of amides is 1. The molecule has 0 aliphatic carbocycles. The molecular formula is C15H21NO. The Morgan fingerprint density at radius 2 is 2.06 bits per heavy atom. The van der Waals surface area contributed by atoms with Crippen LogP contribution >= 0.6 is 0 Å². The van der Waals surface area contributed by atoms with Gasteiger partial charge in [0.25, 0.3) is 0 Å². The number of carbonyl (C=O) groups excluding carboxylic acids is 1. The third-order valence-electron chi connectivity index (χ3n) is 1.94. The number of hydrogen-bond acceptors (Lipinski definition) is 1. The Kier molecular flexibility index (Phi) is 11.1. The van der Waals surface area contributed by atoms with Crippen molar-refractivity contribution in [2.75, 3.05) is 7.05 Å². The molecule has 92 valence electrons. The molecule has 0 bridgehead atoms. The number of unbranched alkanes of at least 4 members (excludes halogenated alkanes) is 2. The lowest BCUT2D eigenvalue weighted by atomic mass is 10.2. The van der Waals surface area contributed by atoms with Crippen molar-refractivity contribution in [3.63, 3.8) is 0 Å². The zero-order valence-electron chi connectivity index (χ0n) is 10.7. The van der Waals surface area contributed by atoms with Gasteiger partial charge in [-0.25, -0.2) is 0 Å². The molecule has 0 spiro atoms. The summed E-state index contributed by atoms with van der Waals surface area (Å²) in [6.07, 6.45) is 15.1. The van der Waals surface area contributed by atoms with E-state index in [1.807, 2.05) is 18.2 Å². The maximum absolute atomic E-state index is 10.8. The monoisotopic (exact) mass is 231 g/mol. The standard InChI is InChI=1S/C15H21NO/c1-3-4-5-6-7-8-9-10-11-12-13-14-15(17)16-2/h5-6,11-14H,3-4,9-10H2,1-2H3,(H,16,17). The average molecular weight is 231 g/mol. The molecule has 0 heterocycles. The maximum atomic E-state index is 10.8. The van der Waals surface area contributed by atoms with Crippen molar-refractivity contribution in [1.29, 1.82) is 0 Å². The third-order valence-corrected chi connectivity index (χ3v) is 1.94. The average Bonchev–Trinajstić information content (AvgIpc) is 2.35. The van der Waals surface area contributed by atoms with E-state index in [-0.39, 0.29) is 5.91 Å². The summed E-state index contributed by atoms with van der Waals surface area (Å²) in [6.45, 7) is 2.15. The lowest BCUT2D eigenvalue weighted by molar-refractivity contribution is -0.116. The minimum Gasteiger partial charge on any atom is -0.356 e. The van der Waals surface area contributed by atoms with E-state index in [0.29, 0.717) is 0 Å². The van der Waals surface area contributed by atoms with Gasteiger partial charge >= 0.3 is 0 Å². The molecule has 0 aromatic heterocycles. The first-order valence-electron chi connectivity index (χ1n) is 5.99. The molecule has 0 aromatic rings. The van der Waals surface area contributed by atoms with Crippen LogP contribution in [0.3, 0.4) is 0 Å². The fourth-order valence-electron chi connectivity index (χ4n) is 0.997. The van der Waals surface area contributed by atoms with Crippen molar-refractivity contribution < 1.29 is 4.79 Å². The highest BCUT2D eigenvalue weighted by Crippen LogP contribution is 1.90. The van der Waals surface area contributed by atoms with Crippen molar-refractivity contribution in [3.8, 4) is 11.8 Å². The van der Waals surface area contributed by atoms with E-state index in [4.69, 9.17) is 0 Å². The van der Waals surface area contributed by atoms with Gasteiger partial charge in [0.05, 0.1) is 0 Å². The Hall–Kier alpha value is -1.75. The van der Waals surface area contributed by atoms with E-state index in [0.717, 1.165) is 19.3 Å². The summed E-state index contributed by atoms with van der Waals surface area (Å²) >= 11 is 0. The molecule has 0 aliphatic rings. The molecule has 17 heavy (non-hydrogen) atoms. The summed E-state index contributed by atoms with van der Waals surface area (Å²) in [5.74, 6) is 5.97. The minimum absolute atomic E-state index is 0.0875. The van der Waals surface area contributed by atoms with Crippen molar-refractivity contribution in [2.24, 2.45) is 0 Å². The van der Waals surface area contributed by atoms with E-state index in [1.54, 1.807) is 13.1 Å². The molecule has 2 heteroatoms. The molecule has 0 atom stereocenters. The molecule has 0 fully saturated rings. The molecule has 0 aromatic carbocycles. The molecule has 0 saturated heterocycles. The summed E-state index contributed by atoms with van der Waals surface area (Å²) in [4.78, 5) is 10.8. The van der Waals surface area contributed by atoms with Crippen LogP contribution in [0, 0.1) is 11.8 Å². The predicted octanol–water partition coefficient (Wildman–Crippen LogP) is 2.98. The van der Waals surface area contributed by atoms with Crippen molar-refractivity contribution in [1.82, 2.24) is 5.32 Å². The van der Waals surface area contributed by atoms with Crippen LogP contribution in [-0.4, -0.2) is 13.0 Å². The van der Waals surface area contributed by atoms with Crippen molar-refractivity contribution >= 4 is 5.91 Å². The highest BCUT2D eigenvalue weighted by molar-refractivity contribution is 5.87. The molecule has 0 unspecified atom stereocenters. The normalized spacial score (nSPS) is 10.9. The van der Waals surface area contributed by atoms with Crippen LogP contribution in [0.4, 0.5) is 0 Å². The molecule has 0 saturated carbocycles. The Morgan fingerprint density at radius 1 is 1.24 bits per heavy atom. The molecule has 0 rings (SSSR count). The van der Waals surface area contributed by atoms with Crippen LogP contribution in [0.5, 0.6) is 0 Å². The number of likely N-dealkylation sites (N-methyl/N-ethyl adjacent to an activating group) is 1. The van der Waals surface area contributed by atoms with Crippen LogP contribution < -0.4 is 5.32 Å². The number of carbonyl (C=O) groups is 1. The summed E-state index contributed by atoms with van der Waals surface area (Å²) in [6, 6.07) is 0. The van der Waals surface area contributed by atoms with Gasteiger partial charge in [-0.05, 0) is 18.9 Å². The first-order valence-corrected chi connectivity index (χ1v) is 5.99. The highest BCUT2D eigenvalue weighted by atomic mass is 16.1. The molecule has 0 aliphatic heterocycles. The molecule has 0 radical (unpaired) electrons. The largest absolute Gasteiger partial charge is 0.356 e. The Bertz CT molecular complexity index is 340. The SMILES string of the molecule is CCCC=CC#CCCC=CC=CC(=O)NC. The summed E-state index contributed by atoms with van der Waals surface area (Å²) in [7, 11) is 1.61. The molecule has 1 N–H and O–H groups in total. The summed E-state index contributed by atoms with van der Waals surface area (Å²) < 4.78 is 0. The first kappa shape index (κ1) is 15.2. The smallest absolute Gasteiger partial charge is 0.243 e. The fourth-order valence-corrected chi connectivity index (χ4v) is 0.997. The van der Waals surface area contributed by atoms with Gasteiger partial charge in [-0.3, -0.25) is 4.79 Å². The van der Waals surface area contributed by atoms with Crippen molar-refractivity contribution in [2.45, 2.75) is 32.6 Å². The van der Waals surface area contributed by atoms with Crippen LogP contribution in [0.1, 0.15) is 32.6 Å². The van der Waals surface area contributed by atoms with Gasteiger partial charge in [-0.15, -0.1) is 0 Å². The van der Waals surface area contributed by atoms with Gasteiger partial charge in [-0.2, -0.15) is 0 Å². The minimum atomic E-state index is -0.0875. The number of rotatable bonds is 6. The van der Waals surface area contributed by atoms with E-state index >= 15 is 0 Å². The molecular weight excluding hydrogens is 210 g/mol. The zero-order chi connectivity index (χ0) is 12.8. The summed E-state index contributed by atoms with van der Waals surface area (Å²) in [5, 5.41) is 2.51. The first-order chi connectivity index (χ1) is 8.31. The maximum Gasteiger partial charge on any atom is 0.243 e. The molecule has 1 amide bonds. The summed E-state index contributed by atoms with van der Waals surface area (Å²) in [5.41, 5.74) is 0. The lowest BCUT2D eigenvalue weighted by Gasteiger charge is -1.86. The molecule has 2 nitrogen and oxygen atoms in total. The zero-order valence-corrected chi connectivity index (χ0v) is 10.7. The second-order valence-corrected chi connectivity index (χ2v) is 3.45. The Labute approximate surface area is 104 Å². The highest BCUT2D eigenvalue weighted by Gasteiger charge is 1.83. The predicted molar refractivity (Wildman–Crippen MR) is 73.4 cm³/mol. The topological polar surface area (TPSA) is 29.1 Å².